The molecule has 194 valence electrons. The van der Waals surface area contributed by atoms with E-state index in [1.165, 1.54) is 18.4 Å². The van der Waals surface area contributed by atoms with Gasteiger partial charge in [0.1, 0.15) is 11.9 Å². The molecule has 5 rings (SSSR count). The van der Waals surface area contributed by atoms with Crippen LogP contribution in [0.4, 0.5) is 10.5 Å². The van der Waals surface area contributed by atoms with Gasteiger partial charge < -0.3 is 19.7 Å². The van der Waals surface area contributed by atoms with Gasteiger partial charge in [-0.15, -0.1) is 0 Å². The van der Waals surface area contributed by atoms with Crippen LogP contribution in [0.3, 0.4) is 0 Å². The highest BCUT2D eigenvalue weighted by atomic mass is 35.5. The van der Waals surface area contributed by atoms with E-state index in [1.807, 2.05) is 41.3 Å². The van der Waals surface area contributed by atoms with Crippen LogP contribution in [0, 0.1) is 0 Å². The van der Waals surface area contributed by atoms with Crippen molar-refractivity contribution < 1.29 is 14.3 Å². The third-order valence-electron chi connectivity index (χ3n) is 8.20. The lowest BCUT2D eigenvalue weighted by atomic mass is 9.89. The predicted molar refractivity (Wildman–Crippen MR) is 144 cm³/mol. The van der Waals surface area contributed by atoms with Crippen molar-refractivity contribution in [1.82, 2.24) is 9.80 Å². The highest BCUT2D eigenvalue weighted by Gasteiger charge is 2.43. The van der Waals surface area contributed by atoms with Crippen molar-refractivity contribution in [3.8, 4) is 5.75 Å². The number of fused-ring (bicyclic) bond motifs is 2. The molecule has 1 N–H and O–H groups in total. The van der Waals surface area contributed by atoms with Crippen molar-refractivity contribution in [2.45, 2.75) is 75.6 Å². The van der Waals surface area contributed by atoms with Gasteiger partial charge in [0.25, 0.3) is 0 Å². The van der Waals surface area contributed by atoms with Gasteiger partial charge in [-0.2, -0.15) is 0 Å². The monoisotopic (exact) mass is 511 g/mol. The summed E-state index contributed by atoms with van der Waals surface area (Å²) in [6, 6.07) is 17.5. The number of piperidine rings is 2. The second kappa shape index (κ2) is 11.4. The van der Waals surface area contributed by atoms with Gasteiger partial charge in [-0.3, -0.25) is 4.90 Å². The molecule has 0 spiro atoms. The topological polar surface area (TPSA) is 54.0 Å². The fraction of sp³-hybridized carbons (Fsp3) is 0.552. The van der Waals surface area contributed by atoms with E-state index in [4.69, 9.17) is 21.1 Å². The van der Waals surface area contributed by atoms with Crippen molar-refractivity contribution in [2.24, 2.45) is 0 Å². The first-order chi connectivity index (χ1) is 17.5. The zero-order valence-corrected chi connectivity index (χ0v) is 22.1. The maximum Gasteiger partial charge on any atom is 0.321 e. The lowest BCUT2D eigenvalue weighted by molar-refractivity contribution is 0.00198. The summed E-state index contributed by atoms with van der Waals surface area (Å²) in [4.78, 5) is 17.4. The van der Waals surface area contributed by atoms with E-state index in [9.17, 15) is 4.79 Å². The summed E-state index contributed by atoms with van der Waals surface area (Å²) >= 11 is 6.02. The Kier molecular flexibility index (Phi) is 8.04. The minimum Gasteiger partial charge on any atom is -0.490 e. The molecule has 2 amide bonds. The van der Waals surface area contributed by atoms with Crippen LogP contribution < -0.4 is 10.1 Å². The van der Waals surface area contributed by atoms with E-state index < -0.39 is 0 Å². The SMILES string of the molecule is COCC(C)N1[C@@H]2CC[C@H]1CC(Oc1ccc(NC(=O)N3CCC(c4ccc(Cl)cc4)CC3)cc1)C2. The molecular formula is C29H38ClN3O3. The van der Waals surface area contributed by atoms with Gasteiger partial charge in [0.15, 0.2) is 0 Å². The highest BCUT2D eigenvalue weighted by Crippen LogP contribution is 2.39. The summed E-state index contributed by atoms with van der Waals surface area (Å²) in [5.41, 5.74) is 2.11. The van der Waals surface area contributed by atoms with E-state index in [-0.39, 0.29) is 12.1 Å². The smallest absolute Gasteiger partial charge is 0.321 e. The molecular weight excluding hydrogens is 474 g/mol. The van der Waals surface area contributed by atoms with Gasteiger partial charge in [0.05, 0.1) is 6.61 Å². The van der Waals surface area contributed by atoms with Crippen molar-refractivity contribution in [3.05, 3.63) is 59.1 Å². The first kappa shape index (κ1) is 25.4. The molecule has 3 saturated heterocycles. The second-order valence-electron chi connectivity index (χ2n) is 10.6. The molecule has 36 heavy (non-hydrogen) atoms. The number of benzene rings is 2. The molecule has 2 aromatic rings. The summed E-state index contributed by atoms with van der Waals surface area (Å²) in [5, 5.41) is 3.82. The molecule has 3 heterocycles. The van der Waals surface area contributed by atoms with Crippen LogP contribution in [0.15, 0.2) is 48.5 Å². The van der Waals surface area contributed by atoms with Crippen LogP contribution in [-0.2, 0) is 4.74 Å². The third kappa shape index (κ3) is 5.82. The maximum atomic E-state index is 12.8. The number of carbonyl (C=O) groups excluding carboxylic acids is 1. The van der Waals surface area contributed by atoms with Crippen molar-refractivity contribution in [1.29, 1.82) is 0 Å². The van der Waals surface area contributed by atoms with Gasteiger partial charge in [0, 0.05) is 49.0 Å². The molecule has 0 radical (unpaired) electrons. The quantitative estimate of drug-likeness (QED) is 0.483. The Morgan fingerprint density at radius 1 is 1.00 bits per heavy atom. The molecule has 4 atom stereocenters. The van der Waals surface area contributed by atoms with Crippen molar-refractivity contribution >= 4 is 23.3 Å². The van der Waals surface area contributed by atoms with Crippen LogP contribution in [0.25, 0.3) is 0 Å². The van der Waals surface area contributed by atoms with E-state index in [0.717, 1.165) is 61.8 Å². The van der Waals surface area contributed by atoms with Crippen LogP contribution in [0.5, 0.6) is 5.75 Å². The minimum atomic E-state index is -0.0349. The van der Waals surface area contributed by atoms with E-state index in [1.54, 1.807) is 7.11 Å². The molecule has 7 heteroatoms. The second-order valence-corrected chi connectivity index (χ2v) is 11.1. The molecule has 2 bridgehead atoms. The first-order valence-corrected chi connectivity index (χ1v) is 13.7. The summed E-state index contributed by atoms with van der Waals surface area (Å²) < 4.78 is 11.8. The molecule has 3 aliphatic rings. The number of amides is 2. The van der Waals surface area contributed by atoms with Crippen LogP contribution in [-0.4, -0.2) is 66.9 Å². The summed E-state index contributed by atoms with van der Waals surface area (Å²) in [5.74, 6) is 1.35. The van der Waals surface area contributed by atoms with Gasteiger partial charge in [-0.1, -0.05) is 23.7 Å². The maximum absolute atomic E-state index is 12.8. The number of ether oxygens (including phenoxy) is 2. The number of nitrogens with one attached hydrogen (secondary N) is 1. The first-order valence-electron chi connectivity index (χ1n) is 13.3. The zero-order valence-electron chi connectivity index (χ0n) is 21.4. The van der Waals surface area contributed by atoms with Crippen LogP contribution in [0.1, 0.15) is 56.9 Å². The summed E-state index contributed by atoms with van der Waals surface area (Å²) in [6.45, 7) is 4.56. The van der Waals surface area contributed by atoms with Crippen molar-refractivity contribution in [3.63, 3.8) is 0 Å². The Balaban J connectivity index is 1.09. The number of anilines is 1. The zero-order chi connectivity index (χ0) is 25.1. The number of hydrogen-bond donors (Lipinski definition) is 1. The third-order valence-corrected chi connectivity index (χ3v) is 8.45. The van der Waals surface area contributed by atoms with E-state index in [0.29, 0.717) is 24.0 Å². The Labute approximate surface area is 219 Å². The predicted octanol–water partition coefficient (Wildman–Crippen LogP) is 6.16. The largest absolute Gasteiger partial charge is 0.490 e. The molecule has 2 unspecified atom stereocenters. The molecule has 0 aromatic heterocycles. The molecule has 3 fully saturated rings. The molecule has 2 aromatic carbocycles. The lowest BCUT2D eigenvalue weighted by Gasteiger charge is -2.42. The highest BCUT2D eigenvalue weighted by molar-refractivity contribution is 6.30. The molecule has 6 nitrogen and oxygen atoms in total. The number of halogens is 1. The van der Waals surface area contributed by atoms with Crippen LogP contribution in [0.2, 0.25) is 5.02 Å². The fourth-order valence-corrected chi connectivity index (χ4v) is 6.60. The molecule has 0 saturated carbocycles. The average molecular weight is 512 g/mol. The number of carbonyl (C=O) groups is 1. The van der Waals surface area contributed by atoms with E-state index >= 15 is 0 Å². The normalized spacial score (nSPS) is 25.5. The summed E-state index contributed by atoms with van der Waals surface area (Å²) in [7, 11) is 1.78. The summed E-state index contributed by atoms with van der Waals surface area (Å²) in [6.07, 6.45) is 6.81. The number of hydrogen-bond acceptors (Lipinski definition) is 4. The number of nitrogens with zero attached hydrogens (tertiary/aromatic N) is 2. The molecule has 0 aliphatic carbocycles. The Morgan fingerprint density at radius 2 is 1.64 bits per heavy atom. The average Bonchev–Trinajstić information content (AvgIpc) is 3.16. The Bertz CT molecular complexity index is 993. The van der Waals surface area contributed by atoms with Gasteiger partial charge in [-0.05, 0) is 93.3 Å². The number of likely N-dealkylation sites (tertiary alicyclic amines) is 1. The van der Waals surface area contributed by atoms with E-state index in [2.05, 4.69) is 29.3 Å². The standard InChI is InChI=1S/C29H38ClN3O3/c1-20(19-35-2)33-25-9-10-26(33)18-28(17-25)36-27-11-7-24(8-12-27)31-29(34)32-15-13-22(14-16-32)21-3-5-23(30)6-4-21/h3-8,11-12,20,22,25-26,28H,9-10,13-19H2,1-2H3,(H,31,34)/t20?,25-,26+,28?. The number of rotatable bonds is 7. The lowest BCUT2D eigenvalue weighted by Crippen LogP contribution is -2.51. The Morgan fingerprint density at radius 3 is 2.25 bits per heavy atom. The molecule has 3 aliphatic heterocycles. The number of urea groups is 1. The minimum absolute atomic E-state index is 0.0349. The fourth-order valence-electron chi connectivity index (χ4n) is 6.47. The van der Waals surface area contributed by atoms with Gasteiger partial charge >= 0.3 is 6.03 Å². The van der Waals surface area contributed by atoms with Gasteiger partial charge in [0.2, 0.25) is 0 Å². The van der Waals surface area contributed by atoms with Gasteiger partial charge in [-0.25, -0.2) is 4.79 Å². The van der Waals surface area contributed by atoms with Crippen molar-refractivity contribution in [2.75, 3.05) is 32.1 Å². The Hall–Kier alpha value is -2.28. The number of methoxy groups -OCH3 is 1. The van der Waals surface area contributed by atoms with Crippen LogP contribution >= 0.6 is 11.6 Å².